The molecule has 0 fully saturated rings. The fourth-order valence-electron chi connectivity index (χ4n) is 2.76. The summed E-state index contributed by atoms with van der Waals surface area (Å²) < 4.78 is 55.8. The topological polar surface area (TPSA) is 253 Å². The Bertz CT molecular complexity index is 1590. The maximum atomic E-state index is 11.8. The Labute approximate surface area is 224 Å². The molecule has 0 spiro atoms. The number of sulfone groups is 2. The molecule has 0 bridgehead atoms. The minimum atomic E-state index is -3.70. The third-order valence-corrected chi connectivity index (χ3v) is 6.61. The van der Waals surface area contributed by atoms with Crippen molar-refractivity contribution < 1.29 is 41.0 Å². The van der Waals surface area contributed by atoms with Crippen LogP contribution in [-0.4, -0.2) is 66.5 Å². The van der Waals surface area contributed by atoms with E-state index in [1.54, 1.807) is 12.1 Å². The molecule has 0 atom stereocenters. The maximum Gasteiger partial charge on any atom is 0.339 e. The average molecular weight is 588 g/mol. The number of hydrogen-bond acceptors (Lipinski definition) is 10. The second kappa shape index (κ2) is 13.2. The van der Waals surface area contributed by atoms with Gasteiger partial charge in [-0.25, -0.2) is 21.6 Å². The van der Waals surface area contributed by atoms with Crippen molar-refractivity contribution in [2.24, 2.45) is 16.5 Å². The Balaban J connectivity index is 0.000000711. The second-order valence-electron chi connectivity index (χ2n) is 7.01. The normalized spacial score (nSPS) is 10.3. The van der Waals surface area contributed by atoms with Crippen LogP contribution in [0, 0.1) is 22.7 Å². The number of carboxylic acid groups (broad SMARTS) is 1. The summed E-state index contributed by atoms with van der Waals surface area (Å²) in [7, 11) is -4.86. The molecule has 1 amide bonds. The van der Waals surface area contributed by atoms with Gasteiger partial charge in [0.05, 0.1) is 40.7 Å². The van der Waals surface area contributed by atoms with Gasteiger partial charge in [-0.15, -0.1) is 12.4 Å². The van der Waals surface area contributed by atoms with E-state index in [-0.39, 0.29) is 56.0 Å². The minimum Gasteiger partial charge on any atom is -0.496 e. The first-order valence-electron chi connectivity index (χ1n) is 9.53. The number of benzene rings is 2. The number of ether oxygens (including phenoxy) is 2. The summed E-state index contributed by atoms with van der Waals surface area (Å²) in [5.41, 5.74) is 9.47. The standard InChI is InChI=1S/C11H12N4O4S.C10H9NO5S.ClH/c1-19-8-3-6(5-12)9(20(2,17)18)4-7(8)10(16)15-11(13)14;1-16-8-3-6(5-11)9(17(2,14)15)4-7(8)10(12)13;/h3-4H,1-2H3,(H4,13,14,15,16);3-4H,1-2H3,(H,12,13);1H. The van der Waals surface area contributed by atoms with Crippen LogP contribution in [0.15, 0.2) is 39.0 Å². The molecule has 2 aromatic carbocycles. The monoisotopic (exact) mass is 587 g/mol. The highest BCUT2D eigenvalue weighted by Gasteiger charge is 2.22. The largest absolute Gasteiger partial charge is 0.496 e. The first-order chi connectivity index (χ1) is 17.0. The van der Waals surface area contributed by atoms with Gasteiger partial charge in [-0.1, -0.05) is 0 Å². The Kier molecular flexibility index (Phi) is 11.7. The first kappa shape index (κ1) is 33.6. The van der Waals surface area contributed by atoms with E-state index >= 15 is 0 Å². The van der Waals surface area contributed by atoms with E-state index in [1.165, 1.54) is 14.2 Å². The van der Waals surface area contributed by atoms with Crippen molar-refractivity contribution in [2.45, 2.75) is 9.79 Å². The van der Waals surface area contributed by atoms with E-state index in [9.17, 15) is 26.4 Å². The van der Waals surface area contributed by atoms with Gasteiger partial charge in [-0.3, -0.25) is 4.79 Å². The Hall–Kier alpha value is -4.38. The summed E-state index contributed by atoms with van der Waals surface area (Å²) >= 11 is 0. The number of nitrogens with two attached hydrogens (primary N) is 2. The van der Waals surface area contributed by atoms with E-state index in [0.29, 0.717) is 0 Å². The molecule has 0 aliphatic carbocycles. The quantitative estimate of drug-likeness (QED) is 0.307. The lowest BCUT2D eigenvalue weighted by Crippen LogP contribution is -2.24. The number of hydrogen-bond donors (Lipinski definition) is 3. The zero-order valence-electron chi connectivity index (χ0n) is 20.2. The van der Waals surface area contributed by atoms with Crippen LogP contribution in [0.4, 0.5) is 0 Å². The summed E-state index contributed by atoms with van der Waals surface area (Å²) in [5, 5.41) is 26.7. The van der Waals surface area contributed by atoms with Gasteiger partial charge < -0.3 is 26.0 Å². The lowest BCUT2D eigenvalue weighted by atomic mass is 10.1. The lowest BCUT2D eigenvalue weighted by Gasteiger charge is -2.09. The maximum absolute atomic E-state index is 11.8. The number of aromatic carboxylic acids is 1. The highest BCUT2D eigenvalue weighted by Crippen LogP contribution is 2.28. The Morgan fingerprint density at radius 3 is 1.50 bits per heavy atom. The highest BCUT2D eigenvalue weighted by atomic mass is 35.5. The van der Waals surface area contributed by atoms with Crippen molar-refractivity contribution in [1.82, 2.24) is 0 Å². The average Bonchev–Trinajstić information content (AvgIpc) is 2.80. The highest BCUT2D eigenvalue weighted by molar-refractivity contribution is 7.91. The van der Waals surface area contributed by atoms with Gasteiger partial charge in [0.1, 0.15) is 29.2 Å². The number of rotatable bonds is 6. The molecule has 14 nitrogen and oxygen atoms in total. The predicted octanol–water partition coefficient (Wildman–Crippen LogP) is 0.474. The number of carboxylic acids is 1. The molecule has 0 aliphatic heterocycles. The third kappa shape index (κ3) is 8.34. The molecule has 2 rings (SSSR count). The number of carbonyl (C=O) groups is 2. The lowest BCUT2D eigenvalue weighted by molar-refractivity contribution is 0.0692. The van der Waals surface area contributed by atoms with Crippen molar-refractivity contribution in [2.75, 3.05) is 26.7 Å². The van der Waals surface area contributed by atoms with Crippen LogP contribution in [0.5, 0.6) is 11.5 Å². The van der Waals surface area contributed by atoms with E-state index in [1.807, 2.05) is 0 Å². The van der Waals surface area contributed by atoms with Crippen LogP contribution in [0.1, 0.15) is 31.8 Å². The van der Waals surface area contributed by atoms with Crippen LogP contribution in [0.3, 0.4) is 0 Å². The SMILES string of the molecule is COc1cc(C#N)c(S(C)(=O)=O)cc1C(=O)N=C(N)N.COc1cc(C#N)c(S(C)(=O)=O)cc1C(=O)O.Cl. The molecule has 0 saturated carbocycles. The van der Waals surface area contributed by atoms with Gasteiger partial charge in [0, 0.05) is 24.6 Å². The van der Waals surface area contributed by atoms with Crippen LogP contribution < -0.4 is 20.9 Å². The minimum absolute atomic E-state index is 0. The van der Waals surface area contributed by atoms with Crippen molar-refractivity contribution in [1.29, 1.82) is 10.5 Å². The number of nitrogens with zero attached hydrogens (tertiary/aromatic N) is 3. The Morgan fingerprint density at radius 2 is 1.21 bits per heavy atom. The molecule has 0 saturated heterocycles. The molecular formula is C21H22ClN5O9S2. The van der Waals surface area contributed by atoms with Crippen LogP contribution in [0.2, 0.25) is 0 Å². The summed E-state index contributed by atoms with van der Waals surface area (Å²) in [5.74, 6) is -2.71. The molecule has 17 heteroatoms. The number of halogens is 1. The number of guanidine groups is 1. The molecule has 5 N–H and O–H groups in total. The van der Waals surface area contributed by atoms with Gasteiger partial charge in [0.2, 0.25) is 0 Å². The molecule has 0 unspecified atom stereocenters. The number of amides is 1. The fourth-order valence-corrected chi connectivity index (χ4v) is 4.43. The number of carbonyl (C=O) groups excluding carboxylic acids is 1. The van der Waals surface area contributed by atoms with E-state index in [2.05, 4.69) is 4.99 Å². The molecule has 0 heterocycles. The van der Waals surface area contributed by atoms with Gasteiger partial charge in [0.25, 0.3) is 5.91 Å². The summed E-state index contributed by atoms with van der Waals surface area (Å²) in [4.78, 5) is 25.4. The van der Waals surface area contributed by atoms with Crippen LogP contribution >= 0.6 is 12.4 Å². The van der Waals surface area contributed by atoms with Gasteiger partial charge in [-0.2, -0.15) is 15.5 Å². The fraction of sp³-hybridized carbons (Fsp3) is 0.190. The van der Waals surface area contributed by atoms with Crippen LogP contribution in [0.25, 0.3) is 0 Å². The first-order valence-corrected chi connectivity index (χ1v) is 13.3. The third-order valence-electron chi connectivity index (χ3n) is 4.33. The van der Waals surface area contributed by atoms with Crippen molar-refractivity contribution in [3.63, 3.8) is 0 Å². The zero-order chi connectivity index (χ0) is 28.7. The number of nitriles is 2. The van der Waals surface area contributed by atoms with Crippen molar-refractivity contribution in [3.05, 3.63) is 46.5 Å². The van der Waals surface area contributed by atoms with Crippen molar-refractivity contribution in [3.8, 4) is 23.6 Å². The van der Waals surface area contributed by atoms with Crippen molar-refractivity contribution >= 4 is 49.9 Å². The zero-order valence-corrected chi connectivity index (χ0v) is 22.7. The Morgan fingerprint density at radius 1 is 0.842 bits per heavy atom. The number of methoxy groups -OCH3 is 2. The molecule has 0 aromatic heterocycles. The van der Waals surface area contributed by atoms with Gasteiger partial charge in [0.15, 0.2) is 25.6 Å². The van der Waals surface area contributed by atoms with E-state index < -0.39 is 37.5 Å². The summed E-state index contributed by atoms with van der Waals surface area (Å²) in [6.07, 6.45) is 1.83. The van der Waals surface area contributed by atoms with Gasteiger partial charge in [-0.05, 0) is 12.1 Å². The van der Waals surface area contributed by atoms with Gasteiger partial charge >= 0.3 is 5.97 Å². The molecular weight excluding hydrogens is 566 g/mol. The summed E-state index contributed by atoms with van der Waals surface area (Å²) in [6, 6.07) is 7.60. The van der Waals surface area contributed by atoms with E-state index in [4.69, 9.17) is 36.6 Å². The smallest absolute Gasteiger partial charge is 0.339 e. The molecule has 0 radical (unpaired) electrons. The van der Waals surface area contributed by atoms with Crippen LogP contribution in [-0.2, 0) is 19.7 Å². The second-order valence-corrected chi connectivity index (χ2v) is 11.0. The molecule has 38 heavy (non-hydrogen) atoms. The predicted molar refractivity (Wildman–Crippen MR) is 136 cm³/mol. The molecule has 2 aromatic rings. The summed E-state index contributed by atoms with van der Waals surface area (Å²) in [6.45, 7) is 0. The molecule has 0 aliphatic rings. The molecule has 204 valence electrons. The number of aliphatic imine (C=N–C) groups is 1. The van der Waals surface area contributed by atoms with E-state index in [0.717, 1.165) is 36.8 Å².